The Morgan fingerprint density at radius 2 is 1.90 bits per heavy atom. The van der Waals surface area contributed by atoms with E-state index in [1.807, 2.05) is 6.07 Å². The van der Waals surface area contributed by atoms with Crippen LogP contribution in [-0.4, -0.2) is 43.5 Å². The second-order valence-electron chi connectivity index (χ2n) is 6.74. The van der Waals surface area contributed by atoms with E-state index in [0.717, 1.165) is 16.7 Å². The van der Waals surface area contributed by atoms with Crippen molar-refractivity contribution in [3.63, 3.8) is 0 Å². The smallest absolute Gasteiger partial charge is 0.387 e. The van der Waals surface area contributed by atoms with E-state index >= 15 is 0 Å². The molecule has 154 valence electrons. The van der Waals surface area contributed by atoms with Gasteiger partial charge in [0, 0.05) is 18.3 Å². The van der Waals surface area contributed by atoms with Crippen molar-refractivity contribution in [2.75, 3.05) is 26.0 Å². The number of nitrogens with two attached hydrogens (primary N) is 1. The third kappa shape index (κ3) is 4.70. The summed E-state index contributed by atoms with van der Waals surface area (Å²) in [6.45, 7) is -3.23. The third-order valence-corrected chi connectivity index (χ3v) is 4.80. The van der Waals surface area contributed by atoms with Crippen LogP contribution >= 0.6 is 0 Å². The largest absolute Gasteiger partial charge is 0.435 e. The average Bonchev–Trinajstić information content (AvgIpc) is 3.02. The van der Waals surface area contributed by atoms with Crippen molar-refractivity contribution >= 4 is 17.4 Å². The highest BCUT2D eigenvalue weighted by Crippen LogP contribution is 2.32. The van der Waals surface area contributed by atoms with Gasteiger partial charge < -0.3 is 10.5 Å². The molecule has 2 aromatic rings. The number of hydrogen-bond donors (Lipinski definition) is 1. The molecule has 1 heterocycles. The highest BCUT2D eigenvalue weighted by Gasteiger charge is 2.26. The fraction of sp³-hybridized carbons (Fsp3) is 0.333. The number of benzene rings is 2. The van der Waals surface area contributed by atoms with Crippen LogP contribution in [0.3, 0.4) is 0 Å². The van der Waals surface area contributed by atoms with E-state index in [9.17, 15) is 18.0 Å². The molecule has 0 fully saturated rings. The molecule has 0 atom stereocenters. The number of amides is 1. The van der Waals surface area contributed by atoms with E-state index in [1.54, 1.807) is 25.2 Å². The number of alkyl halides is 3. The van der Waals surface area contributed by atoms with Gasteiger partial charge in [0.2, 0.25) is 5.91 Å². The van der Waals surface area contributed by atoms with Crippen molar-refractivity contribution in [3.8, 4) is 16.9 Å². The van der Waals surface area contributed by atoms with Crippen LogP contribution in [0, 0.1) is 0 Å². The van der Waals surface area contributed by atoms with Gasteiger partial charge in [-0.25, -0.2) is 0 Å². The van der Waals surface area contributed by atoms with Gasteiger partial charge in [-0.3, -0.25) is 19.1 Å². The summed E-state index contributed by atoms with van der Waals surface area (Å²) >= 11 is 0. The van der Waals surface area contributed by atoms with Crippen molar-refractivity contribution in [1.29, 1.82) is 0 Å². The maximum atomic E-state index is 12.5. The van der Waals surface area contributed by atoms with Gasteiger partial charge in [-0.05, 0) is 60.2 Å². The number of rotatable bonds is 8. The lowest BCUT2D eigenvalue weighted by molar-refractivity contribution is -0.123. The highest BCUT2D eigenvalue weighted by atomic mass is 19.3. The number of nitrogen functional groups attached to an aromatic ring is 1. The molecule has 0 unspecified atom stereocenters. The minimum absolute atomic E-state index is 0.0504. The summed E-state index contributed by atoms with van der Waals surface area (Å²) in [5.41, 5.74) is 9.79. The number of aryl methyl sites for hydroxylation is 1. The molecule has 1 aliphatic rings. The summed E-state index contributed by atoms with van der Waals surface area (Å²) in [5.74, 6) is 0.423. The van der Waals surface area contributed by atoms with Crippen LogP contribution in [0.5, 0.6) is 5.75 Å². The van der Waals surface area contributed by atoms with Crippen LogP contribution in [0.15, 0.2) is 41.4 Å². The zero-order valence-electron chi connectivity index (χ0n) is 16.0. The first-order valence-corrected chi connectivity index (χ1v) is 9.25. The molecule has 0 radical (unpaired) electrons. The maximum absolute atomic E-state index is 12.5. The fourth-order valence-electron chi connectivity index (χ4n) is 3.27. The third-order valence-electron chi connectivity index (χ3n) is 4.80. The molecule has 8 heteroatoms. The first-order chi connectivity index (χ1) is 13.9. The van der Waals surface area contributed by atoms with E-state index in [0.29, 0.717) is 36.3 Å². The molecule has 29 heavy (non-hydrogen) atoms. The molecule has 3 rings (SSSR count). The van der Waals surface area contributed by atoms with Gasteiger partial charge in [0.05, 0.1) is 6.67 Å². The van der Waals surface area contributed by atoms with E-state index in [2.05, 4.69) is 9.73 Å². The molecule has 1 aliphatic heterocycles. The molecule has 0 spiro atoms. The number of amidine groups is 1. The minimum Gasteiger partial charge on any atom is -0.435 e. The molecule has 0 bridgehead atoms. The number of hydrogen-bond acceptors (Lipinski definition) is 4. The first kappa shape index (κ1) is 20.7. The zero-order valence-corrected chi connectivity index (χ0v) is 16.0. The van der Waals surface area contributed by atoms with Crippen LogP contribution < -0.4 is 10.5 Å². The second-order valence-corrected chi connectivity index (χ2v) is 6.74. The number of likely N-dealkylation sites (N-methyl/N-ethyl adjacent to an activating group) is 1. The Kier molecular flexibility index (Phi) is 6.41. The number of ether oxygens (including phenoxy) is 1. The predicted molar refractivity (Wildman–Crippen MR) is 106 cm³/mol. The standard InChI is InChI=1S/C21H22F3N3O2/c1-27-19(28)12-26-20(27)17-11-18(25)14(4-2-3-9-22)10-16(17)13-5-7-15(8-6-13)29-21(23)24/h5-8,10-11,21H,2-4,9,12,25H2,1H3. The topological polar surface area (TPSA) is 67.9 Å². The Morgan fingerprint density at radius 1 is 1.17 bits per heavy atom. The normalized spacial score (nSPS) is 13.9. The predicted octanol–water partition coefficient (Wildman–Crippen LogP) is 4.05. The lowest BCUT2D eigenvalue weighted by Gasteiger charge is -2.19. The molecular formula is C21H22F3N3O2. The van der Waals surface area contributed by atoms with Gasteiger partial charge >= 0.3 is 6.61 Å². The van der Waals surface area contributed by atoms with Crippen LogP contribution in [-0.2, 0) is 11.2 Å². The summed E-state index contributed by atoms with van der Waals surface area (Å²) in [4.78, 5) is 17.7. The molecule has 0 saturated carbocycles. The van der Waals surface area contributed by atoms with Gasteiger partial charge in [0.15, 0.2) is 0 Å². The molecule has 0 aliphatic carbocycles. The molecule has 5 nitrogen and oxygen atoms in total. The Morgan fingerprint density at radius 3 is 2.48 bits per heavy atom. The molecule has 0 saturated heterocycles. The van der Waals surface area contributed by atoms with Gasteiger partial charge in [-0.2, -0.15) is 8.78 Å². The lowest BCUT2D eigenvalue weighted by Crippen LogP contribution is -2.29. The minimum atomic E-state index is -2.90. The number of anilines is 1. The lowest BCUT2D eigenvalue weighted by atomic mass is 9.93. The van der Waals surface area contributed by atoms with E-state index in [4.69, 9.17) is 5.73 Å². The Hall–Kier alpha value is -3.03. The van der Waals surface area contributed by atoms with E-state index in [1.165, 1.54) is 17.0 Å². The summed E-state index contributed by atoms with van der Waals surface area (Å²) in [6.07, 6.45) is 1.71. The number of halogens is 3. The summed E-state index contributed by atoms with van der Waals surface area (Å²) in [7, 11) is 1.64. The van der Waals surface area contributed by atoms with Gasteiger partial charge in [0.25, 0.3) is 0 Å². The SMILES string of the molecule is CN1C(=O)CN=C1c1cc(N)c(CCCCF)cc1-c1ccc(OC(F)F)cc1. The van der Waals surface area contributed by atoms with Crippen molar-refractivity contribution < 1.29 is 22.7 Å². The summed E-state index contributed by atoms with van der Waals surface area (Å²) < 4.78 is 41.7. The number of carbonyl (C=O) groups is 1. The summed E-state index contributed by atoms with van der Waals surface area (Å²) in [6, 6.07) is 9.89. The van der Waals surface area contributed by atoms with Crippen LogP contribution in [0.2, 0.25) is 0 Å². The van der Waals surface area contributed by atoms with Gasteiger partial charge in [-0.15, -0.1) is 0 Å². The zero-order chi connectivity index (χ0) is 21.0. The van der Waals surface area contributed by atoms with Crippen molar-refractivity contribution in [1.82, 2.24) is 4.90 Å². The highest BCUT2D eigenvalue weighted by molar-refractivity contribution is 6.15. The van der Waals surface area contributed by atoms with Crippen molar-refractivity contribution in [3.05, 3.63) is 47.5 Å². The van der Waals surface area contributed by atoms with Crippen LogP contribution in [0.25, 0.3) is 11.1 Å². The molecule has 2 aromatic carbocycles. The van der Waals surface area contributed by atoms with Crippen molar-refractivity contribution in [2.24, 2.45) is 4.99 Å². The molecule has 1 amide bonds. The second kappa shape index (κ2) is 8.98. The van der Waals surface area contributed by atoms with Gasteiger partial charge in [-0.1, -0.05) is 12.1 Å². The number of carbonyl (C=O) groups excluding carboxylic acids is 1. The molecule has 2 N–H and O–H groups in total. The average molecular weight is 405 g/mol. The monoisotopic (exact) mass is 405 g/mol. The summed E-state index contributed by atoms with van der Waals surface area (Å²) in [5, 5.41) is 0. The fourth-order valence-corrected chi connectivity index (χ4v) is 3.27. The van der Waals surface area contributed by atoms with Crippen molar-refractivity contribution in [2.45, 2.75) is 25.9 Å². The number of unbranched alkanes of at least 4 members (excludes halogenated alkanes) is 1. The number of nitrogens with zero attached hydrogens (tertiary/aromatic N) is 2. The van der Waals surface area contributed by atoms with Crippen LogP contribution in [0.1, 0.15) is 24.0 Å². The number of aliphatic imine (C=N–C) groups is 1. The Bertz CT molecular complexity index is 914. The molecular weight excluding hydrogens is 383 g/mol. The maximum Gasteiger partial charge on any atom is 0.387 e. The first-order valence-electron chi connectivity index (χ1n) is 9.25. The van der Waals surface area contributed by atoms with Crippen LogP contribution in [0.4, 0.5) is 18.9 Å². The molecule has 0 aromatic heterocycles. The Labute approximate surface area is 167 Å². The quantitative estimate of drug-likeness (QED) is 0.532. The van der Waals surface area contributed by atoms with Gasteiger partial charge in [0.1, 0.15) is 18.1 Å². The van der Waals surface area contributed by atoms with E-state index in [-0.39, 0.29) is 24.9 Å². The van der Waals surface area contributed by atoms with E-state index < -0.39 is 6.61 Å². The Balaban J connectivity index is 2.03.